The van der Waals surface area contributed by atoms with Crippen LogP contribution in [0.25, 0.3) is 0 Å². The van der Waals surface area contributed by atoms with E-state index in [0.29, 0.717) is 24.3 Å². The third kappa shape index (κ3) is 4.84. The van der Waals surface area contributed by atoms with Gasteiger partial charge in [0.2, 0.25) is 10.0 Å². The lowest BCUT2D eigenvalue weighted by molar-refractivity contribution is -0.139. The molecular formula is C19H18F5N3O4S. The summed E-state index contributed by atoms with van der Waals surface area (Å²) in [4.78, 5) is 11.7. The van der Waals surface area contributed by atoms with Crippen LogP contribution < -0.4 is 11.1 Å². The van der Waals surface area contributed by atoms with Crippen LogP contribution in [-0.2, 0) is 16.2 Å². The number of nitrogen functional groups attached to an aromatic ring is 1. The second kappa shape index (κ2) is 8.64. The van der Waals surface area contributed by atoms with Crippen LogP contribution in [0.3, 0.4) is 0 Å². The van der Waals surface area contributed by atoms with Gasteiger partial charge in [-0.15, -0.1) is 0 Å². The Morgan fingerprint density at radius 1 is 1.09 bits per heavy atom. The number of nitrogens with two attached hydrogens (primary N) is 1. The number of amides is 1. The molecule has 7 nitrogen and oxygen atoms in total. The average Bonchev–Trinajstić information content (AvgIpc) is 2.67. The molecule has 13 heteroatoms. The first kappa shape index (κ1) is 23.9. The Labute approximate surface area is 179 Å². The van der Waals surface area contributed by atoms with Gasteiger partial charge in [0.05, 0.1) is 17.2 Å². The molecule has 3 rings (SSSR count). The Kier molecular flexibility index (Phi) is 6.45. The fraction of sp³-hybridized carbons (Fsp3) is 0.316. The Bertz CT molecular complexity index is 1150. The highest BCUT2D eigenvalue weighted by molar-refractivity contribution is 7.89. The maximum atomic E-state index is 14.4. The van der Waals surface area contributed by atoms with Gasteiger partial charge in [-0.05, 0) is 43.2 Å². The minimum absolute atomic E-state index is 0.0559. The molecule has 4 N–H and O–H groups in total. The number of rotatable bonds is 4. The number of anilines is 2. The maximum Gasteiger partial charge on any atom is 0.419 e. The number of sulfonamides is 1. The van der Waals surface area contributed by atoms with Gasteiger partial charge in [0.1, 0.15) is 16.5 Å². The summed E-state index contributed by atoms with van der Waals surface area (Å²) in [7, 11) is -4.36. The average molecular weight is 479 g/mol. The van der Waals surface area contributed by atoms with Gasteiger partial charge in [-0.3, -0.25) is 4.79 Å². The predicted molar refractivity (Wildman–Crippen MR) is 104 cm³/mol. The molecule has 1 heterocycles. The molecule has 0 bridgehead atoms. The van der Waals surface area contributed by atoms with Crippen molar-refractivity contribution < 1.29 is 40.3 Å². The molecule has 32 heavy (non-hydrogen) atoms. The molecule has 1 aliphatic rings. The lowest BCUT2D eigenvalue weighted by Gasteiger charge is -2.29. The maximum absolute atomic E-state index is 14.4. The predicted octanol–water partition coefficient (Wildman–Crippen LogP) is 2.96. The number of nitrogens with zero attached hydrogens (tertiary/aromatic N) is 1. The molecule has 1 aliphatic heterocycles. The fourth-order valence-corrected chi connectivity index (χ4v) is 4.75. The second-order valence-corrected chi connectivity index (χ2v) is 9.06. The summed E-state index contributed by atoms with van der Waals surface area (Å²) in [5.41, 5.74) is 2.85. The summed E-state index contributed by atoms with van der Waals surface area (Å²) in [5, 5.41) is 11.7. The van der Waals surface area contributed by atoms with E-state index in [1.165, 1.54) is 0 Å². The first-order chi connectivity index (χ1) is 14.8. The number of halogens is 5. The molecule has 0 saturated carbocycles. The van der Waals surface area contributed by atoms with Gasteiger partial charge in [0.15, 0.2) is 0 Å². The number of hydrogen-bond donors (Lipinski definition) is 3. The van der Waals surface area contributed by atoms with Crippen molar-refractivity contribution in [1.29, 1.82) is 0 Å². The molecule has 1 saturated heterocycles. The van der Waals surface area contributed by atoms with E-state index >= 15 is 0 Å². The Morgan fingerprint density at radius 2 is 1.72 bits per heavy atom. The second-order valence-electron chi connectivity index (χ2n) is 7.15. The van der Waals surface area contributed by atoms with E-state index in [9.17, 15) is 40.3 Å². The number of carbonyl (C=O) groups is 1. The SMILES string of the molecule is Nc1cc(F)c(S(=O)(=O)N2CCC(O)CC2)cc1C(=O)Nc1ccc(C(F)(F)F)c(F)c1. The Morgan fingerprint density at radius 3 is 2.28 bits per heavy atom. The van der Waals surface area contributed by atoms with E-state index in [1.54, 1.807) is 0 Å². The molecule has 2 aromatic rings. The highest BCUT2D eigenvalue weighted by Gasteiger charge is 2.34. The highest BCUT2D eigenvalue weighted by Crippen LogP contribution is 2.33. The fourth-order valence-electron chi connectivity index (χ4n) is 3.21. The summed E-state index contributed by atoms with van der Waals surface area (Å²) in [5.74, 6) is -3.91. The number of aliphatic hydroxyl groups excluding tert-OH is 1. The van der Waals surface area contributed by atoms with Crippen LogP contribution >= 0.6 is 0 Å². The lowest BCUT2D eigenvalue weighted by Crippen LogP contribution is -2.40. The zero-order chi connectivity index (χ0) is 23.8. The molecule has 174 valence electrons. The largest absolute Gasteiger partial charge is 0.419 e. The monoisotopic (exact) mass is 479 g/mol. The minimum atomic E-state index is -4.93. The van der Waals surface area contributed by atoms with Gasteiger partial charge < -0.3 is 16.2 Å². The molecule has 1 fully saturated rings. The molecule has 2 aromatic carbocycles. The number of aliphatic hydroxyl groups is 1. The summed E-state index contributed by atoms with van der Waals surface area (Å²) in [6.07, 6.45) is -5.30. The smallest absolute Gasteiger partial charge is 0.398 e. The van der Waals surface area contributed by atoms with E-state index in [4.69, 9.17) is 5.73 Å². The molecular weight excluding hydrogens is 461 g/mol. The minimum Gasteiger partial charge on any atom is -0.398 e. The summed E-state index contributed by atoms with van der Waals surface area (Å²) in [6, 6.07) is 3.02. The van der Waals surface area contributed by atoms with Crippen molar-refractivity contribution in [1.82, 2.24) is 4.31 Å². The van der Waals surface area contributed by atoms with Gasteiger partial charge in [-0.2, -0.15) is 17.5 Å². The van der Waals surface area contributed by atoms with Crippen molar-refractivity contribution in [2.75, 3.05) is 24.1 Å². The first-order valence-corrected chi connectivity index (χ1v) is 10.7. The van der Waals surface area contributed by atoms with Crippen LogP contribution in [0.2, 0.25) is 0 Å². The number of nitrogens with one attached hydrogen (secondary N) is 1. The van der Waals surface area contributed by atoms with Crippen LogP contribution in [0.1, 0.15) is 28.8 Å². The van der Waals surface area contributed by atoms with Gasteiger partial charge in [-0.1, -0.05) is 0 Å². The number of benzene rings is 2. The molecule has 0 unspecified atom stereocenters. The van der Waals surface area contributed by atoms with Gasteiger partial charge in [-0.25, -0.2) is 17.2 Å². The number of carbonyl (C=O) groups excluding carboxylic acids is 1. The quantitative estimate of drug-likeness (QED) is 0.461. The molecule has 0 atom stereocenters. The third-order valence-electron chi connectivity index (χ3n) is 4.92. The van der Waals surface area contributed by atoms with Crippen LogP contribution in [-0.4, -0.2) is 42.9 Å². The summed E-state index contributed by atoms with van der Waals surface area (Å²) < 4.78 is 92.8. The number of alkyl halides is 3. The van der Waals surface area contributed by atoms with Crippen molar-refractivity contribution in [2.45, 2.75) is 30.0 Å². The molecule has 0 radical (unpaired) electrons. The number of piperidine rings is 1. The topological polar surface area (TPSA) is 113 Å². The third-order valence-corrected chi connectivity index (χ3v) is 6.84. The number of hydrogen-bond acceptors (Lipinski definition) is 5. The van der Waals surface area contributed by atoms with Crippen molar-refractivity contribution >= 4 is 27.3 Å². The molecule has 0 aromatic heterocycles. The zero-order valence-corrected chi connectivity index (χ0v) is 17.1. The summed E-state index contributed by atoms with van der Waals surface area (Å²) >= 11 is 0. The van der Waals surface area contributed by atoms with Crippen LogP contribution in [0, 0.1) is 11.6 Å². The van der Waals surface area contributed by atoms with E-state index < -0.39 is 61.6 Å². The van der Waals surface area contributed by atoms with Crippen LogP contribution in [0.4, 0.5) is 33.3 Å². The van der Waals surface area contributed by atoms with Crippen LogP contribution in [0.15, 0.2) is 35.2 Å². The van der Waals surface area contributed by atoms with Crippen LogP contribution in [0.5, 0.6) is 0 Å². The highest BCUT2D eigenvalue weighted by atomic mass is 32.2. The summed E-state index contributed by atoms with van der Waals surface area (Å²) in [6.45, 7) is -0.112. The van der Waals surface area contributed by atoms with Crippen molar-refractivity contribution in [3.05, 3.63) is 53.1 Å². The lowest BCUT2D eigenvalue weighted by atomic mass is 10.1. The Hall–Kier alpha value is -2.77. The van der Waals surface area contributed by atoms with Crippen molar-refractivity contribution in [3.63, 3.8) is 0 Å². The van der Waals surface area contributed by atoms with Gasteiger partial charge >= 0.3 is 6.18 Å². The van der Waals surface area contributed by atoms with Gasteiger partial charge in [0, 0.05) is 24.5 Å². The molecule has 1 amide bonds. The standard InChI is InChI=1S/C19H18F5N3O4S/c20-14-7-10(1-2-13(14)19(22,23)24)26-18(29)12-8-17(15(21)9-16(12)25)32(30,31)27-5-3-11(28)4-6-27/h1-2,7-9,11,28H,3-6,25H2,(H,26,29). The molecule has 0 spiro atoms. The van der Waals surface area contributed by atoms with Gasteiger partial charge in [0.25, 0.3) is 5.91 Å². The molecule has 0 aliphatic carbocycles. The Balaban J connectivity index is 1.90. The van der Waals surface area contributed by atoms with Crippen molar-refractivity contribution in [2.24, 2.45) is 0 Å². The zero-order valence-electron chi connectivity index (χ0n) is 16.3. The van der Waals surface area contributed by atoms with E-state index in [-0.39, 0.29) is 31.6 Å². The van der Waals surface area contributed by atoms with E-state index in [1.807, 2.05) is 0 Å². The first-order valence-electron chi connectivity index (χ1n) is 9.26. The van der Waals surface area contributed by atoms with Crippen molar-refractivity contribution in [3.8, 4) is 0 Å². The van der Waals surface area contributed by atoms with E-state index in [0.717, 1.165) is 10.4 Å². The van der Waals surface area contributed by atoms with E-state index in [2.05, 4.69) is 5.32 Å². The normalized spacial score (nSPS) is 16.2.